The van der Waals surface area contributed by atoms with E-state index in [1.807, 2.05) is 19.2 Å². The molecule has 2 heterocycles. The normalized spacial score (nSPS) is 10.6. The molecule has 8 heteroatoms. The lowest BCUT2D eigenvalue weighted by molar-refractivity contribution is 0.103. The lowest BCUT2D eigenvalue weighted by Gasteiger charge is -2.08. The Morgan fingerprint density at radius 3 is 2.69 bits per heavy atom. The topological polar surface area (TPSA) is 54.0 Å². The van der Waals surface area contributed by atoms with Gasteiger partial charge >= 0.3 is 0 Å². The lowest BCUT2D eigenvalue weighted by Crippen LogP contribution is -2.10. The summed E-state index contributed by atoms with van der Waals surface area (Å²) in [4.78, 5) is 18.2. The third kappa shape index (κ3) is 4.35. The van der Waals surface area contributed by atoms with Crippen LogP contribution in [0.25, 0.3) is 11.3 Å². The van der Waals surface area contributed by atoms with Crippen LogP contribution in [0.1, 0.15) is 14.5 Å². The third-order valence-electron chi connectivity index (χ3n) is 3.52. The number of carbonyl (C=O) groups excluding carboxylic acids is 1. The molecule has 3 aromatic rings. The van der Waals surface area contributed by atoms with Crippen LogP contribution >= 0.6 is 34.9 Å². The number of halogens is 2. The van der Waals surface area contributed by atoms with Gasteiger partial charge in [-0.05, 0) is 43.3 Å². The number of rotatable bonds is 5. The van der Waals surface area contributed by atoms with Gasteiger partial charge in [-0.1, -0.05) is 23.5 Å². The summed E-state index contributed by atoms with van der Waals surface area (Å²) in [5.74, 6) is -0.626. The zero-order valence-corrected chi connectivity index (χ0v) is 16.4. The van der Waals surface area contributed by atoms with Crippen LogP contribution in [0.3, 0.4) is 0 Å². The number of nitrogens with one attached hydrogen (secondary N) is 2. The van der Waals surface area contributed by atoms with Gasteiger partial charge in [0.05, 0.1) is 16.8 Å². The molecule has 0 aliphatic carbocycles. The summed E-state index contributed by atoms with van der Waals surface area (Å²) in [7, 11) is 0. The van der Waals surface area contributed by atoms with Gasteiger partial charge in [0.1, 0.15) is 5.82 Å². The van der Waals surface area contributed by atoms with E-state index in [9.17, 15) is 9.18 Å². The van der Waals surface area contributed by atoms with E-state index in [1.165, 1.54) is 35.5 Å². The van der Waals surface area contributed by atoms with Crippen molar-refractivity contribution in [3.63, 3.8) is 0 Å². The Bertz CT molecular complexity index is 944. The van der Waals surface area contributed by atoms with Gasteiger partial charge in [0.15, 0.2) is 0 Å². The number of hydrogen-bond acceptors (Lipinski definition) is 5. The van der Waals surface area contributed by atoms with Crippen molar-refractivity contribution in [1.29, 1.82) is 0 Å². The van der Waals surface area contributed by atoms with Gasteiger partial charge in [-0.2, -0.15) is 0 Å². The SMILES string of the molecule is CSNc1cc(Cl)cc(NC(=O)c2cc(-c3ccc(F)cn3)c(C)s2)c1. The minimum absolute atomic E-state index is 0.233. The van der Waals surface area contributed by atoms with Crippen LogP contribution < -0.4 is 10.0 Å². The number of benzene rings is 1. The molecule has 0 spiro atoms. The Kier molecular flexibility index (Phi) is 5.80. The van der Waals surface area contributed by atoms with Gasteiger partial charge in [0.2, 0.25) is 0 Å². The van der Waals surface area contributed by atoms with Crippen molar-refractivity contribution in [2.75, 3.05) is 16.3 Å². The number of amides is 1. The second kappa shape index (κ2) is 8.07. The number of anilines is 2. The second-order valence-corrected chi connectivity index (χ2v) is 7.74. The van der Waals surface area contributed by atoms with Crippen LogP contribution in [0, 0.1) is 12.7 Å². The zero-order valence-electron chi connectivity index (χ0n) is 14.0. The number of nitrogens with zero attached hydrogens (tertiary/aromatic N) is 1. The number of pyridine rings is 1. The molecule has 0 saturated carbocycles. The van der Waals surface area contributed by atoms with Crippen LogP contribution in [0.4, 0.5) is 15.8 Å². The predicted molar refractivity (Wildman–Crippen MR) is 109 cm³/mol. The molecule has 1 aromatic carbocycles. The van der Waals surface area contributed by atoms with Gasteiger partial charge < -0.3 is 10.0 Å². The Morgan fingerprint density at radius 2 is 2.00 bits per heavy atom. The molecule has 2 aromatic heterocycles. The largest absolute Gasteiger partial charge is 0.330 e. The smallest absolute Gasteiger partial charge is 0.265 e. The van der Waals surface area contributed by atoms with Crippen molar-refractivity contribution in [2.45, 2.75) is 6.92 Å². The van der Waals surface area contributed by atoms with Gasteiger partial charge in [-0.3, -0.25) is 9.78 Å². The third-order valence-corrected chi connectivity index (χ3v) is 5.23. The number of carbonyl (C=O) groups is 1. The molecule has 26 heavy (non-hydrogen) atoms. The first kappa shape index (κ1) is 18.7. The quantitative estimate of drug-likeness (QED) is 0.520. The summed E-state index contributed by atoms with van der Waals surface area (Å²) >= 11 is 8.90. The van der Waals surface area contributed by atoms with E-state index in [0.717, 1.165) is 16.1 Å². The summed E-state index contributed by atoms with van der Waals surface area (Å²) in [6, 6.07) is 9.99. The monoisotopic (exact) mass is 407 g/mol. The molecule has 0 atom stereocenters. The van der Waals surface area contributed by atoms with Crippen LogP contribution in [-0.2, 0) is 0 Å². The Labute approximate surface area is 163 Å². The first-order valence-electron chi connectivity index (χ1n) is 7.59. The van der Waals surface area contributed by atoms with E-state index >= 15 is 0 Å². The highest BCUT2D eigenvalue weighted by Crippen LogP contribution is 2.31. The zero-order chi connectivity index (χ0) is 18.7. The molecule has 0 aliphatic rings. The van der Waals surface area contributed by atoms with Crippen LogP contribution in [0.2, 0.25) is 5.02 Å². The molecule has 4 nitrogen and oxygen atoms in total. The maximum Gasteiger partial charge on any atom is 0.265 e. The van der Waals surface area contributed by atoms with E-state index in [4.69, 9.17) is 11.6 Å². The molecule has 3 rings (SSSR count). The Hall–Kier alpha value is -2.09. The molecule has 0 unspecified atom stereocenters. The average molecular weight is 408 g/mol. The van der Waals surface area contributed by atoms with E-state index in [-0.39, 0.29) is 5.91 Å². The van der Waals surface area contributed by atoms with Crippen molar-refractivity contribution in [1.82, 2.24) is 4.98 Å². The maximum atomic E-state index is 13.1. The second-order valence-electron chi connectivity index (χ2n) is 5.43. The minimum Gasteiger partial charge on any atom is -0.330 e. The fourth-order valence-electron chi connectivity index (χ4n) is 2.41. The summed E-state index contributed by atoms with van der Waals surface area (Å²) < 4.78 is 16.1. The summed E-state index contributed by atoms with van der Waals surface area (Å²) in [5.41, 5.74) is 2.86. The molecule has 1 amide bonds. The fraction of sp³-hybridized carbons (Fsp3) is 0.111. The molecule has 0 bridgehead atoms. The molecular weight excluding hydrogens is 393 g/mol. The number of hydrogen-bond donors (Lipinski definition) is 2. The van der Waals surface area contributed by atoms with E-state index in [2.05, 4.69) is 15.0 Å². The molecule has 2 N–H and O–H groups in total. The van der Waals surface area contributed by atoms with Gasteiger partial charge in [-0.15, -0.1) is 11.3 Å². The van der Waals surface area contributed by atoms with E-state index in [0.29, 0.717) is 21.3 Å². The standard InChI is InChI=1S/C18H15ClFN3OS2/c1-10-15(16-4-3-12(20)9-21-16)8-17(26-10)18(24)22-13-5-11(19)6-14(7-13)23-25-2/h3-9,23H,1-2H3,(H,22,24). The summed E-state index contributed by atoms with van der Waals surface area (Å²) in [6.07, 6.45) is 3.07. The molecule has 0 fully saturated rings. The van der Waals surface area contributed by atoms with Crippen LogP contribution in [-0.4, -0.2) is 17.1 Å². The number of aryl methyl sites for hydroxylation is 1. The first-order chi connectivity index (χ1) is 12.5. The molecule has 0 saturated heterocycles. The van der Waals surface area contributed by atoms with Crippen LogP contribution in [0.5, 0.6) is 0 Å². The van der Waals surface area contributed by atoms with Crippen LogP contribution in [0.15, 0.2) is 42.6 Å². The summed E-state index contributed by atoms with van der Waals surface area (Å²) in [5, 5.41) is 3.38. The van der Waals surface area contributed by atoms with Gasteiger partial charge in [0.25, 0.3) is 5.91 Å². The van der Waals surface area contributed by atoms with Crippen molar-refractivity contribution in [3.8, 4) is 11.3 Å². The van der Waals surface area contributed by atoms with E-state index < -0.39 is 5.82 Å². The van der Waals surface area contributed by atoms with Crippen molar-refractivity contribution < 1.29 is 9.18 Å². The fourth-order valence-corrected chi connectivity index (χ4v) is 3.93. The predicted octanol–water partition coefficient (Wildman–Crippen LogP) is 5.85. The first-order valence-corrected chi connectivity index (χ1v) is 10.0. The molecule has 0 radical (unpaired) electrons. The Balaban J connectivity index is 1.83. The van der Waals surface area contributed by atoms with Gasteiger partial charge in [-0.25, -0.2) is 4.39 Å². The number of thiophene rings is 1. The minimum atomic E-state index is -0.393. The Morgan fingerprint density at radius 1 is 1.23 bits per heavy atom. The van der Waals surface area contributed by atoms with Gasteiger partial charge in [0, 0.05) is 33.1 Å². The molecule has 134 valence electrons. The van der Waals surface area contributed by atoms with E-state index in [1.54, 1.807) is 24.3 Å². The highest BCUT2D eigenvalue weighted by molar-refractivity contribution is 7.99. The highest BCUT2D eigenvalue weighted by Gasteiger charge is 2.15. The number of aromatic nitrogens is 1. The van der Waals surface area contributed by atoms with Crippen molar-refractivity contribution in [2.24, 2.45) is 0 Å². The molecule has 0 aliphatic heterocycles. The van der Waals surface area contributed by atoms with Crippen molar-refractivity contribution >= 4 is 52.2 Å². The molecular formula is C18H15ClFN3OS2. The van der Waals surface area contributed by atoms with Crippen molar-refractivity contribution in [3.05, 3.63) is 63.2 Å². The maximum absolute atomic E-state index is 13.1. The average Bonchev–Trinajstić information content (AvgIpc) is 2.97. The highest BCUT2D eigenvalue weighted by atomic mass is 35.5. The summed E-state index contributed by atoms with van der Waals surface area (Å²) in [6.45, 7) is 1.90. The lowest BCUT2D eigenvalue weighted by atomic mass is 10.1.